The zero-order chi connectivity index (χ0) is 20.0. The van der Waals surface area contributed by atoms with E-state index in [0.29, 0.717) is 0 Å². The van der Waals surface area contributed by atoms with Gasteiger partial charge in [-0.05, 0) is 51.2 Å². The first kappa shape index (κ1) is 18.0. The number of likely N-dealkylation sites (N-methyl/N-ethyl adjacent to an activating group) is 1. The van der Waals surface area contributed by atoms with Crippen molar-refractivity contribution >= 4 is 27.6 Å². The third-order valence-corrected chi connectivity index (χ3v) is 5.46. The fraction of sp³-hybridized carbons (Fsp3) is 0.364. The van der Waals surface area contributed by atoms with Gasteiger partial charge in [0.2, 0.25) is 0 Å². The predicted molar refractivity (Wildman–Crippen MR) is 117 cm³/mol. The van der Waals surface area contributed by atoms with Crippen LogP contribution in [0.2, 0.25) is 0 Å². The molecule has 0 unspecified atom stereocenters. The van der Waals surface area contributed by atoms with Gasteiger partial charge in [-0.3, -0.25) is 5.10 Å². The summed E-state index contributed by atoms with van der Waals surface area (Å²) >= 11 is 0. The maximum Gasteiger partial charge on any atom is 0.159 e. The molecule has 0 bridgehead atoms. The Hall–Kier alpha value is -3.06. The van der Waals surface area contributed by atoms with Gasteiger partial charge >= 0.3 is 0 Å². The van der Waals surface area contributed by atoms with Crippen LogP contribution in [0.3, 0.4) is 0 Å². The standard InChI is InChI=1S/C22H26N6O/c1-14(2)29-16-5-6-17-19(13-16)25-26-21(17)22-23-18-7-4-15(12-20(18)24-22)28-10-8-27(3)9-11-28/h4-7,12-14H,8-11H2,1-3H3,(H,23,24)(H,25,26). The Morgan fingerprint density at radius 2 is 1.83 bits per heavy atom. The summed E-state index contributed by atoms with van der Waals surface area (Å²) in [6.07, 6.45) is 0.139. The summed E-state index contributed by atoms with van der Waals surface area (Å²) < 4.78 is 5.78. The van der Waals surface area contributed by atoms with Crippen molar-refractivity contribution in [2.75, 3.05) is 38.1 Å². The molecule has 1 aliphatic rings. The molecule has 150 valence electrons. The molecule has 1 saturated heterocycles. The lowest BCUT2D eigenvalue weighted by atomic mass is 10.2. The number of piperazine rings is 1. The number of nitrogens with zero attached hydrogens (tertiary/aromatic N) is 4. The van der Waals surface area contributed by atoms with Gasteiger partial charge in [0.25, 0.3) is 0 Å². The summed E-state index contributed by atoms with van der Waals surface area (Å²) in [4.78, 5) is 13.0. The molecule has 0 radical (unpaired) electrons. The fourth-order valence-corrected chi connectivity index (χ4v) is 3.90. The molecule has 2 N–H and O–H groups in total. The average molecular weight is 390 g/mol. The van der Waals surface area contributed by atoms with Crippen LogP contribution in [0.5, 0.6) is 5.75 Å². The summed E-state index contributed by atoms with van der Waals surface area (Å²) in [6, 6.07) is 12.5. The van der Waals surface area contributed by atoms with E-state index in [0.717, 1.165) is 65.4 Å². The molecule has 4 aromatic rings. The van der Waals surface area contributed by atoms with Gasteiger partial charge in [-0.25, -0.2) is 4.98 Å². The molecule has 7 nitrogen and oxygen atoms in total. The third kappa shape index (κ3) is 3.42. The molecule has 0 spiro atoms. The van der Waals surface area contributed by atoms with Gasteiger partial charge in [0, 0.05) is 43.3 Å². The normalized spacial score (nSPS) is 15.7. The van der Waals surface area contributed by atoms with Crippen LogP contribution in [-0.4, -0.2) is 64.4 Å². The molecular weight excluding hydrogens is 364 g/mol. The second-order valence-corrected chi connectivity index (χ2v) is 8.02. The number of nitrogens with one attached hydrogen (secondary N) is 2. The van der Waals surface area contributed by atoms with Gasteiger partial charge in [-0.2, -0.15) is 5.10 Å². The average Bonchev–Trinajstić information content (AvgIpc) is 3.30. The van der Waals surface area contributed by atoms with Crippen LogP contribution in [0.4, 0.5) is 5.69 Å². The van der Waals surface area contributed by atoms with Crippen molar-refractivity contribution in [3.63, 3.8) is 0 Å². The highest BCUT2D eigenvalue weighted by molar-refractivity contribution is 5.94. The van der Waals surface area contributed by atoms with Gasteiger partial charge in [0.15, 0.2) is 5.82 Å². The summed E-state index contributed by atoms with van der Waals surface area (Å²) in [5, 5.41) is 8.65. The van der Waals surface area contributed by atoms with E-state index in [-0.39, 0.29) is 6.10 Å². The number of benzene rings is 2. The smallest absolute Gasteiger partial charge is 0.159 e. The Morgan fingerprint density at radius 3 is 2.62 bits per heavy atom. The van der Waals surface area contributed by atoms with Crippen LogP contribution in [0.1, 0.15) is 13.8 Å². The van der Waals surface area contributed by atoms with E-state index < -0.39 is 0 Å². The number of rotatable bonds is 4. The van der Waals surface area contributed by atoms with Crippen LogP contribution in [-0.2, 0) is 0 Å². The van der Waals surface area contributed by atoms with Gasteiger partial charge in [-0.1, -0.05) is 0 Å². The van der Waals surface area contributed by atoms with Crippen molar-refractivity contribution in [3.8, 4) is 17.3 Å². The zero-order valence-electron chi connectivity index (χ0n) is 17.1. The molecule has 5 rings (SSSR count). The van der Waals surface area contributed by atoms with Crippen molar-refractivity contribution in [2.45, 2.75) is 20.0 Å². The van der Waals surface area contributed by atoms with Gasteiger partial charge < -0.3 is 19.5 Å². The molecule has 0 aliphatic carbocycles. The van der Waals surface area contributed by atoms with Crippen molar-refractivity contribution in [2.24, 2.45) is 0 Å². The maximum atomic E-state index is 5.78. The Labute approximate surface area is 169 Å². The molecule has 0 amide bonds. The van der Waals surface area contributed by atoms with Crippen LogP contribution in [0.25, 0.3) is 33.5 Å². The van der Waals surface area contributed by atoms with E-state index in [4.69, 9.17) is 9.72 Å². The van der Waals surface area contributed by atoms with Crippen LogP contribution in [0, 0.1) is 0 Å². The maximum absolute atomic E-state index is 5.78. The zero-order valence-corrected chi connectivity index (χ0v) is 17.1. The Kier molecular flexibility index (Phi) is 4.39. The van der Waals surface area contributed by atoms with E-state index in [1.807, 2.05) is 32.0 Å². The highest BCUT2D eigenvalue weighted by Gasteiger charge is 2.17. The highest BCUT2D eigenvalue weighted by atomic mass is 16.5. The molecule has 2 aromatic heterocycles. The Morgan fingerprint density at radius 1 is 1.00 bits per heavy atom. The molecule has 1 aliphatic heterocycles. The first-order valence-electron chi connectivity index (χ1n) is 10.2. The quantitative estimate of drug-likeness (QED) is 0.557. The van der Waals surface area contributed by atoms with E-state index in [1.165, 1.54) is 5.69 Å². The predicted octanol–water partition coefficient (Wildman–Crippen LogP) is 3.65. The monoisotopic (exact) mass is 390 g/mol. The number of H-pyrrole nitrogens is 2. The van der Waals surface area contributed by atoms with Crippen LogP contribution in [0.15, 0.2) is 36.4 Å². The Bertz CT molecular complexity index is 1150. The summed E-state index contributed by atoms with van der Waals surface area (Å²) in [5.41, 5.74) is 4.99. The van der Waals surface area contributed by atoms with E-state index >= 15 is 0 Å². The third-order valence-electron chi connectivity index (χ3n) is 5.46. The number of fused-ring (bicyclic) bond motifs is 2. The minimum Gasteiger partial charge on any atom is -0.491 e. The summed E-state index contributed by atoms with van der Waals surface area (Å²) in [7, 11) is 2.17. The van der Waals surface area contributed by atoms with Crippen molar-refractivity contribution in [3.05, 3.63) is 36.4 Å². The fourth-order valence-electron chi connectivity index (χ4n) is 3.90. The van der Waals surface area contributed by atoms with Gasteiger partial charge in [0.1, 0.15) is 11.4 Å². The molecule has 7 heteroatoms. The van der Waals surface area contributed by atoms with E-state index in [9.17, 15) is 0 Å². The molecule has 2 aromatic carbocycles. The van der Waals surface area contributed by atoms with Gasteiger partial charge in [0.05, 0.1) is 22.7 Å². The lowest BCUT2D eigenvalue weighted by molar-refractivity contribution is 0.242. The first-order chi connectivity index (χ1) is 14.1. The number of imidazole rings is 1. The van der Waals surface area contributed by atoms with Crippen molar-refractivity contribution < 1.29 is 4.74 Å². The second-order valence-electron chi connectivity index (χ2n) is 8.02. The topological polar surface area (TPSA) is 73.1 Å². The number of aromatic amines is 2. The lowest BCUT2D eigenvalue weighted by Gasteiger charge is -2.34. The van der Waals surface area contributed by atoms with Crippen LogP contribution >= 0.6 is 0 Å². The number of hydrogen-bond acceptors (Lipinski definition) is 5. The SMILES string of the molecule is CC(C)Oc1ccc2c(-c3nc4ccc(N5CCN(C)CC5)cc4[nH]3)n[nH]c2c1. The van der Waals surface area contributed by atoms with Crippen LogP contribution < -0.4 is 9.64 Å². The van der Waals surface area contributed by atoms with Gasteiger partial charge in [-0.15, -0.1) is 0 Å². The molecule has 0 saturated carbocycles. The minimum absolute atomic E-state index is 0.139. The van der Waals surface area contributed by atoms with Crippen molar-refractivity contribution in [1.82, 2.24) is 25.1 Å². The molecule has 29 heavy (non-hydrogen) atoms. The number of ether oxygens (including phenoxy) is 1. The van der Waals surface area contributed by atoms with Crippen molar-refractivity contribution in [1.29, 1.82) is 0 Å². The second kappa shape index (κ2) is 7.08. The largest absolute Gasteiger partial charge is 0.491 e. The minimum atomic E-state index is 0.139. The number of aromatic nitrogens is 4. The first-order valence-corrected chi connectivity index (χ1v) is 10.2. The lowest BCUT2D eigenvalue weighted by Crippen LogP contribution is -2.44. The number of hydrogen-bond donors (Lipinski definition) is 2. The highest BCUT2D eigenvalue weighted by Crippen LogP contribution is 2.30. The Balaban J connectivity index is 1.47. The summed E-state index contributed by atoms with van der Waals surface area (Å²) in [5.74, 6) is 1.61. The molecule has 1 fully saturated rings. The van der Waals surface area contributed by atoms with E-state index in [2.05, 4.69) is 50.2 Å². The number of anilines is 1. The molecular formula is C22H26N6O. The molecule has 0 atom stereocenters. The van der Waals surface area contributed by atoms with E-state index in [1.54, 1.807) is 0 Å². The summed E-state index contributed by atoms with van der Waals surface area (Å²) in [6.45, 7) is 8.32. The molecule has 3 heterocycles.